The van der Waals surface area contributed by atoms with E-state index >= 15 is 0 Å². The number of nitrogens with zero attached hydrogens (tertiary/aromatic N) is 4. The number of nitrogens with one attached hydrogen (secondary N) is 1. The molecular weight excluding hydrogens is 544 g/mol. The Balaban J connectivity index is 1.40. The predicted molar refractivity (Wildman–Crippen MR) is 163 cm³/mol. The summed E-state index contributed by atoms with van der Waals surface area (Å²) in [6.45, 7) is 11.2. The molecule has 0 bridgehead atoms. The number of nitrogens with two attached hydrogens (primary N) is 1. The van der Waals surface area contributed by atoms with E-state index in [-0.39, 0.29) is 18.2 Å². The smallest absolute Gasteiger partial charge is 0.245 e. The van der Waals surface area contributed by atoms with Crippen LogP contribution in [0, 0.1) is 5.92 Å². The highest BCUT2D eigenvalue weighted by molar-refractivity contribution is 7.08. The lowest BCUT2D eigenvalue weighted by Gasteiger charge is -2.47. The van der Waals surface area contributed by atoms with Crippen molar-refractivity contribution in [3.63, 3.8) is 0 Å². The molecule has 2 aliphatic heterocycles. The van der Waals surface area contributed by atoms with Gasteiger partial charge in [-0.15, -0.1) is 0 Å². The minimum Gasteiger partial charge on any atom is -0.344 e. The van der Waals surface area contributed by atoms with Gasteiger partial charge >= 0.3 is 0 Å². The molecule has 2 amide bonds. The van der Waals surface area contributed by atoms with Gasteiger partial charge in [-0.2, -0.15) is 11.3 Å². The van der Waals surface area contributed by atoms with Crippen molar-refractivity contribution in [1.82, 2.24) is 25.1 Å². The number of amides is 2. The van der Waals surface area contributed by atoms with Gasteiger partial charge in [0.25, 0.3) is 0 Å². The summed E-state index contributed by atoms with van der Waals surface area (Å²) in [5.74, 6) is 0.332. The van der Waals surface area contributed by atoms with Crippen LogP contribution in [0.25, 0.3) is 0 Å². The fraction of sp³-hybridized carbons (Fsp3) is 0.600. The molecule has 2 aliphatic rings. The van der Waals surface area contributed by atoms with E-state index in [1.807, 2.05) is 46.0 Å². The van der Waals surface area contributed by atoms with Crippen LogP contribution >= 0.6 is 22.9 Å². The summed E-state index contributed by atoms with van der Waals surface area (Å²) in [6.07, 6.45) is 2.40. The van der Waals surface area contributed by atoms with Crippen molar-refractivity contribution in [2.45, 2.75) is 57.7 Å². The summed E-state index contributed by atoms with van der Waals surface area (Å²) in [5.41, 5.74) is 8.17. The van der Waals surface area contributed by atoms with E-state index < -0.39 is 12.1 Å². The SMILES string of the molecule is CC(C)CN(C1CCN(C(=O)C(Cc2ccc(Cl)cc2)NC(=O)CC(N)c2ccsc2)CC1)N1CCN(C)CC1. The molecule has 3 heterocycles. The van der Waals surface area contributed by atoms with Gasteiger partial charge in [0.2, 0.25) is 11.8 Å². The Labute approximate surface area is 248 Å². The number of hydrogen-bond donors (Lipinski definition) is 2. The van der Waals surface area contributed by atoms with Crippen LogP contribution in [0.4, 0.5) is 0 Å². The number of likely N-dealkylation sites (tertiary alicyclic amines) is 1. The van der Waals surface area contributed by atoms with Crippen molar-refractivity contribution >= 4 is 34.8 Å². The van der Waals surface area contributed by atoms with E-state index in [1.165, 1.54) is 0 Å². The maximum absolute atomic E-state index is 13.8. The predicted octanol–water partition coefficient (Wildman–Crippen LogP) is 3.63. The zero-order valence-corrected chi connectivity index (χ0v) is 25.7. The van der Waals surface area contributed by atoms with Gasteiger partial charge in [0.15, 0.2) is 0 Å². The molecule has 0 saturated carbocycles. The van der Waals surface area contributed by atoms with Crippen LogP contribution in [-0.2, 0) is 16.0 Å². The molecule has 40 heavy (non-hydrogen) atoms. The van der Waals surface area contributed by atoms with Crippen molar-refractivity contribution in [3.05, 3.63) is 57.2 Å². The second kappa shape index (κ2) is 14.8. The first-order valence-corrected chi connectivity index (χ1v) is 15.8. The van der Waals surface area contributed by atoms with Crippen molar-refractivity contribution in [1.29, 1.82) is 0 Å². The standard InChI is InChI=1S/C30H45ClN6O2S/c1-22(2)20-37(36-15-13-34(3)14-16-36)26-8-11-35(12-9-26)30(39)28(18-23-4-6-25(31)7-5-23)33-29(38)19-27(32)24-10-17-40-21-24/h4-7,10,17,21-22,26-28H,8-9,11-16,18-20,32H2,1-3H3,(H,33,38). The van der Waals surface area contributed by atoms with Crippen LogP contribution in [0.1, 0.15) is 50.3 Å². The number of thiophene rings is 1. The van der Waals surface area contributed by atoms with E-state index in [0.717, 1.165) is 56.7 Å². The lowest BCUT2D eigenvalue weighted by atomic mass is 9.99. The third kappa shape index (κ3) is 8.74. The first-order chi connectivity index (χ1) is 19.2. The maximum Gasteiger partial charge on any atom is 0.245 e. The number of rotatable bonds is 11. The fourth-order valence-corrected chi connectivity index (χ4v) is 6.49. The van der Waals surface area contributed by atoms with Crippen molar-refractivity contribution in [3.8, 4) is 0 Å². The third-order valence-electron chi connectivity index (χ3n) is 7.96. The van der Waals surface area contributed by atoms with Crippen molar-refractivity contribution in [2.24, 2.45) is 11.7 Å². The summed E-state index contributed by atoms with van der Waals surface area (Å²) >= 11 is 7.65. The van der Waals surface area contributed by atoms with Crippen LogP contribution < -0.4 is 11.1 Å². The summed E-state index contributed by atoms with van der Waals surface area (Å²) < 4.78 is 0. The highest BCUT2D eigenvalue weighted by Crippen LogP contribution is 2.23. The molecule has 2 saturated heterocycles. The Morgan fingerprint density at radius 1 is 1.07 bits per heavy atom. The Kier molecular flexibility index (Phi) is 11.4. The van der Waals surface area contributed by atoms with E-state index in [0.29, 0.717) is 36.5 Å². The Morgan fingerprint density at radius 2 is 1.75 bits per heavy atom. The van der Waals surface area contributed by atoms with E-state index in [1.54, 1.807) is 11.3 Å². The van der Waals surface area contributed by atoms with Crippen LogP contribution in [-0.4, -0.2) is 96.6 Å². The topological polar surface area (TPSA) is 85.1 Å². The zero-order valence-electron chi connectivity index (χ0n) is 24.1. The van der Waals surface area contributed by atoms with E-state index in [2.05, 4.69) is 41.1 Å². The molecule has 4 rings (SSSR count). The van der Waals surface area contributed by atoms with Crippen LogP contribution in [0.5, 0.6) is 0 Å². The van der Waals surface area contributed by atoms with E-state index in [9.17, 15) is 9.59 Å². The quantitative estimate of drug-likeness (QED) is 0.417. The highest BCUT2D eigenvalue weighted by atomic mass is 35.5. The lowest BCUT2D eigenvalue weighted by Crippen LogP contribution is -2.60. The molecule has 10 heteroatoms. The molecule has 0 radical (unpaired) electrons. The van der Waals surface area contributed by atoms with E-state index in [4.69, 9.17) is 17.3 Å². The van der Waals surface area contributed by atoms with Gasteiger partial charge in [0, 0.05) is 75.8 Å². The highest BCUT2D eigenvalue weighted by Gasteiger charge is 2.34. The summed E-state index contributed by atoms with van der Waals surface area (Å²) in [6, 6.07) is 8.78. The molecule has 0 spiro atoms. The minimum atomic E-state index is -0.649. The van der Waals surface area contributed by atoms with Crippen molar-refractivity contribution in [2.75, 3.05) is 52.9 Å². The molecule has 2 unspecified atom stereocenters. The first-order valence-electron chi connectivity index (χ1n) is 14.5. The molecule has 2 atom stereocenters. The van der Waals surface area contributed by atoms with Crippen LogP contribution in [0.2, 0.25) is 5.02 Å². The molecule has 220 valence electrons. The normalized spacial score (nSPS) is 19.2. The Bertz CT molecular complexity index is 1070. The van der Waals surface area contributed by atoms with Gasteiger partial charge in [0.05, 0.1) is 0 Å². The number of likely N-dealkylation sites (N-methyl/N-ethyl adjacent to an activating group) is 1. The molecule has 1 aromatic carbocycles. The number of halogens is 1. The van der Waals surface area contributed by atoms with Gasteiger partial charge in [-0.1, -0.05) is 37.6 Å². The molecule has 8 nitrogen and oxygen atoms in total. The van der Waals surface area contributed by atoms with Gasteiger partial charge < -0.3 is 20.9 Å². The van der Waals surface area contributed by atoms with Crippen LogP contribution in [0.3, 0.4) is 0 Å². The third-order valence-corrected chi connectivity index (χ3v) is 8.91. The number of carbonyl (C=O) groups excluding carboxylic acids is 2. The largest absolute Gasteiger partial charge is 0.344 e. The Morgan fingerprint density at radius 3 is 2.35 bits per heavy atom. The summed E-state index contributed by atoms with van der Waals surface area (Å²) in [7, 11) is 2.18. The summed E-state index contributed by atoms with van der Waals surface area (Å²) in [4.78, 5) is 31.2. The zero-order chi connectivity index (χ0) is 28.6. The Hall–Kier alpha value is -2.01. The molecule has 2 fully saturated rings. The molecule has 1 aromatic heterocycles. The summed E-state index contributed by atoms with van der Waals surface area (Å²) in [5, 5.41) is 12.7. The van der Waals surface area contributed by atoms with Gasteiger partial charge in [-0.3, -0.25) is 9.59 Å². The molecule has 2 aromatic rings. The lowest BCUT2D eigenvalue weighted by molar-refractivity contribution is -0.140. The minimum absolute atomic E-state index is 0.0270. The average molecular weight is 589 g/mol. The second-order valence-electron chi connectivity index (χ2n) is 11.6. The maximum atomic E-state index is 13.8. The fourth-order valence-electron chi connectivity index (χ4n) is 5.64. The molecule has 0 aliphatic carbocycles. The molecular formula is C30H45ClN6O2S. The monoisotopic (exact) mass is 588 g/mol. The van der Waals surface area contributed by atoms with Gasteiger partial charge in [-0.05, 0) is 65.9 Å². The number of hydrogen-bond acceptors (Lipinski definition) is 7. The number of piperazine rings is 1. The van der Waals surface area contributed by atoms with Gasteiger partial charge in [0.1, 0.15) is 6.04 Å². The average Bonchev–Trinajstić information content (AvgIpc) is 3.48. The van der Waals surface area contributed by atoms with Gasteiger partial charge in [-0.25, -0.2) is 10.0 Å². The number of piperidine rings is 1. The second-order valence-corrected chi connectivity index (χ2v) is 12.9. The number of benzene rings is 1. The number of hydrazine groups is 1. The van der Waals surface area contributed by atoms with Crippen molar-refractivity contribution < 1.29 is 9.59 Å². The number of carbonyl (C=O) groups is 2. The molecule has 3 N–H and O–H groups in total. The van der Waals surface area contributed by atoms with Crippen LogP contribution in [0.15, 0.2) is 41.1 Å². The first kappa shape index (κ1) is 30.9.